The molecule has 1 aromatic carbocycles. The lowest BCUT2D eigenvalue weighted by atomic mass is 10.0. The van der Waals surface area contributed by atoms with Gasteiger partial charge in [0.15, 0.2) is 0 Å². The minimum absolute atomic E-state index is 0.00514. The molecule has 1 nitrogen and oxygen atoms in total. The molecule has 0 aliphatic carbocycles. The molecule has 1 heterocycles. The molecule has 18 heavy (non-hydrogen) atoms. The van der Waals surface area contributed by atoms with Gasteiger partial charge in [-0.15, -0.1) is 11.8 Å². The van der Waals surface area contributed by atoms with Gasteiger partial charge in [-0.2, -0.15) is 13.2 Å². The fourth-order valence-electron chi connectivity index (χ4n) is 2.12. The summed E-state index contributed by atoms with van der Waals surface area (Å²) < 4.78 is 38.4. The summed E-state index contributed by atoms with van der Waals surface area (Å²) in [7, 11) is 0. The number of thioether (sulfide) groups is 1. The van der Waals surface area contributed by atoms with Crippen molar-refractivity contribution < 1.29 is 13.2 Å². The van der Waals surface area contributed by atoms with Gasteiger partial charge in [0.05, 0.1) is 0 Å². The molecule has 5 heteroatoms. The number of alkyl halides is 3. The highest BCUT2D eigenvalue weighted by Gasteiger charge is 2.38. The van der Waals surface area contributed by atoms with E-state index < -0.39 is 12.2 Å². The van der Waals surface area contributed by atoms with Gasteiger partial charge in [0.25, 0.3) is 0 Å². The number of hydrogen-bond donors (Lipinski definition) is 1. The smallest absolute Gasteiger partial charge is 0.306 e. The molecule has 1 aliphatic rings. The minimum Gasteiger partial charge on any atom is -0.306 e. The van der Waals surface area contributed by atoms with Crippen molar-refractivity contribution >= 4 is 11.8 Å². The van der Waals surface area contributed by atoms with Crippen molar-refractivity contribution in [1.29, 1.82) is 0 Å². The molecule has 0 amide bonds. The monoisotopic (exact) mass is 275 g/mol. The Morgan fingerprint density at radius 2 is 2.17 bits per heavy atom. The maximum Gasteiger partial charge on any atom is 0.404 e. The van der Waals surface area contributed by atoms with Crippen molar-refractivity contribution in [2.75, 3.05) is 12.3 Å². The first-order valence-corrected chi connectivity index (χ1v) is 7.04. The molecule has 0 bridgehead atoms. The Hall–Kier alpha value is -0.680. The maximum absolute atomic E-state index is 12.8. The van der Waals surface area contributed by atoms with E-state index in [0.717, 1.165) is 22.6 Å². The summed E-state index contributed by atoms with van der Waals surface area (Å²) in [4.78, 5) is 1.14. The van der Waals surface area contributed by atoms with Crippen LogP contribution in [0.1, 0.15) is 18.1 Å². The Morgan fingerprint density at radius 3 is 2.83 bits per heavy atom. The van der Waals surface area contributed by atoms with E-state index in [1.54, 1.807) is 18.7 Å². The number of benzene rings is 1. The van der Waals surface area contributed by atoms with Crippen LogP contribution in [0.25, 0.3) is 0 Å². The summed E-state index contributed by atoms with van der Waals surface area (Å²) in [6, 6.07) is 4.24. The lowest BCUT2D eigenvalue weighted by Gasteiger charge is -2.21. The predicted molar refractivity (Wildman–Crippen MR) is 68.1 cm³/mol. The van der Waals surface area contributed by atoms with Gasteiger partial charge >= 0.3 is 6.18 Å². The zero-order chi connectivity index (χ0) is 13.2. The number of fused-ring (bicyclic) bond motifs is 1. The van der Waals surface area contributed by atoms with Gasteiger partial charge in [0.1, 0.15) is 6.04 Å². The summed E-state index contributed by atoms with van der Waals surface area (Å²) >= 11 is 1.73. The van der Waals surface area contributed by atoms with E-state index in [4.69, 9.17) is 0 Å². The van der Waals surface area contributed by atoms with Crippen molar-refractivity contribution in [3.05, 3.63) is 29.3 Å². The molecular formula is C13H16F3NS. The lowest BCUT2D eigenvalue weighted by Crippen LogP contribution is -2.43. The average Bonchev–Trinajstić information content (AvgIpc) is 2.74. The zero-order valence-electron chi connectivity index (χ0n) is 10.2. The first kappa shape index (κ1) is 13.7. The van der Waals surface area contributed by atoms with E-state index in [2.05, 4.69) is 5.32 Å². The van der Waals surface area contributed by atoms with E-state index in [9.17, 15) is 13.2 Å². The molecule has 0 aromatic heterocycles. The van der Waals surface area contributed by atoms with E-state index in [0.29, 0.717) is 6.54 Å². The van der Waals surface area contributed by atoms with E-state index >= 15 is 0 Å². The van der Waals surface area contributed by atoms with Gasteiger partial charge < -0.3 is 5.32 Å². The van der Waals surface area contributed by atoms with Gasteiger partial charge in [0.2, 0.25) is 0 Å². The van der Waals surface area contributed by atoms with Crippen molar-refractivity contribution in [2.24, 2.45) is 0 Å². The van der Waals surface area contributed by atoms with Crippen LogP contribution in [-0.2, 0) is 12.8 Å². The fourth-order valence-corrected chi connectivity index (χ4v) is 3.26. The van der Waals surface area contributed by atoms with Gasteiger partial charge in [-0.25, -0.2) is 0 Å². The van der Waals surface area contributed by atoms with Gasteiger partial charge in [-0.3, -0.25) is 0 Å². The average molecular weight is 275 g/mol. The third kappa shape index (κ3) is 3.20. The van der Waals surface area contributed by atoms with Gasteiger partial charge in [0, 0.05) is 10.6 Å². The maximum atomic E-state index is 12.8. The molecule has 1 aliphatic heterocycles. The second kappa shape index (κ2) is 5.53. The molecule has 0 radical (unpaired) electrons. The van der Waals surface area contributed by atoms with E-state index in [1.165, 1.54) is 5.56 Å². The van der Waals surface area contributed by atoms with Gasteiger partial charge in [-0.1, -0.05) is 19.1 Å². The van der Waals surface area contributed by atoms with Crippen LogP contribution in [-0.4, -0.2) is 24.5 Å². The van der Waals surface area contributed by atoms with Crippen LogP contribution in [0.5, 0.6) is 0 Å². The second-order valence-corrected chi connectivity index (χ2v) is 5.53. The molecular weight excluding hydrogens is 259 g/mol. The topological polar surface area (TPSA) is 12.0 Å². The Bertz CT molecular complexity index is 417. The molecule has 1 N–H and O–H groups in total. The quantitative estimate of drug-likeness (QED) is 0.903. The number of rotatable bonds is 4. The van der Waals surface area contributed by atoms with Crippen molar-refractivity contribution in [1.82, 2.24) is 5.32 Å². The molecule has 1 unspecified atom stereocenters. The Balaban J connectivity index is 2.11. The summed E-state index contributed by atoms with van der Waals surface area (Å²) in [5.74, 6) is 1.04. The number of hydrogen-bond acceptors (Lipinski definition) is 2. The van der Waals surface area contributed by atoms with Crippen molar-refractivity contribution in [3.63, 3.8) is 0 Å². The normalized spacial score (nSPS) is 16.7. The Labute approximate surface area is 109 Å². The zero-order valence-corrected chi connectivity index (χ0v) is 11.0. The Morgan fingerprint density at radius 1 is 1.39 bits per heavy atom. The third-order valence-electron chi connectivity index (χ3n) is 3.05. The highest BCUT2D eigenvalue weighted by Crippen LogP contribution is 2.33. The van der Waals surface area contributed by atoms with E-state index in [1.807, 2.05) is 18.2 Å². The summed E-state index contributed by atoms with van der Waals surface area (Å²) in [5.41, 5.74) is 2.02. The molecule has 100 valence electrons. The van der Waals surface area contributed by atoms with Crippen LogP contribution in [0.15, 0.2) is 23.1 Å². The predicted octanol–water partition coefficient (Wildman–Crippen LogP) is 3.42. The largest absolute Gasteiger partial charge is 0.404 e. The molecule has 0 saturated heterocycles. The molecule has 1 aromatic rings. The van der Waals surface area contributed by atoms with Crippen LogP contribution < -0.4 is 5.32 Å². The summed E-state index contributed by atoms with van der Waals surface area (Å²) in [5, 5.41) is 2.51. The molecule has 0 saturated carbocycles. The number of aryl methyl sites for hydroxylation is 1. The summed E-state index contributed by atoms with van der Waals surface area (Å²) in [6.45, 7) is 2.02. The van der Waals surface area contributed by atoms with Crippen LogP contribution in [0, 0.1) is 0 Å². The Kier molecular flexibility index (Phi) is 4.22. The first-order chi connectivity index (χ1) is 8.50. The SMILES string of the molecule is CCNC(Cc1ccc2c(c1)SCC2)C(F)(F)F. The molecule has 2 rings (SSSR count). The highest BCUT2D eigenvalue weighted by atomic mass is 32.2. The molecule has 0 spiro atoms. The van der Waals surface area contributed by atoms with Crippen molar-refractivity contribution in [3.8, 4) is 0 Å². The van der Waals surface area contributed by atoms with Crippen LogP contribution >= 0.6 is 11.8 Å². The summed E-state index contributed by atoms with van der Waals surface area (Å²) in [6.07, 6.45) is -3.16. The van der Waals surface area contributed by atoms with E-state index in [-0.39, 0.29) is 6.42 Å². The van der Waals surface area contributed by atoms with Crippen molar-refractivity contribution in [2.45, 2.75) is 36.9 Å². The van der Waals surface area contributed by atoms with Crippen LogP contribution in [0.4, 0.5) is 13.2 Å². The van der Waals surface area contributed by atoms with Gasteiger partial charge in [-0.05, 0) is 36.6 Å². The fraction of sp³-hybridized carbons (Fsp3) is 0.538. The highest BCUT2D eigenvalue weighted by molar-refractivity contribution is 7.99. The third-order valence-corrected chi connectivity index (χ3v) is 4.15. The minimum atomic E-state index is -4.19. The molecule has 0 fully saturated rings. The van der Waals surface area contributed by atoms with Crippen LogP contribution in [0.3, 0.4) is 0 Å². The second-order valence-electron chi connectivity index (χ2n) is 4.40. The lowest BCUT2D eigenvalue weighted by molar-refractivity contribution is -0.155. The molecule has 1 atom stereocenters. The number of halogens is 3. The first-order valence-electron chi connectivity index (χ1n) is 6.05. The number of nitrogens with one attached hydrogen (secondary N) is 1. The standard InChI is InChI=1S/C13H16F3NS/c1-2-17-12(13(14,15)16)8-9-3-4-10-5-6-18-11(10)7-9/h3-4,7,12,17H,2,5-6,8H2,1H3. The number of likely N-dealkylation sites (N-methyl/N-ethyl adjacent to an activating group) is 1. The van der Waals surface area contributed by atoms with Crippen LogP contribution in [0.2, 0.25) is 0 Å².